The molecular weight excluding hydrogens is 224 g/mol. The lowest BCUT2D eigenvalue weighted by Crippen LogP contribution is -2.46. The minimum atomic E-state index is -1.06. The van der Waals surface area contributed by atoms with E-state index in [1.165, 1.54) is 11.8 Å². The summed E-state index contributed by atoms with van der Waals surface area (Å²) in [6, 6.07) is -0.920. The summed E-state index contributed by atoms with van der Waals surface area (Å²) >= 11 is 0. The average molecular weight is 246 g/mol. The lowest BCUT2D eigenvalue weighted by Gasteiger charge is -2.29. The van der Waals surface area contributed by atoms with Crippen LogP contribution < -0.4 is 5.73 Å². The summed E-state index contributed by atoms with van der Waals surface area (Å²) in [6.45, 7) is 7.32. The largest absolute Gasteiger partial charge is 0.480 e. The lowest BCUT2D eigenvalue weighted by molar-refractivity contribution is -0.142. The maximum absolute atomic E-state index is 11.8. The van der Waals surface area contributed by atoms with Crippen molar-refractivity contribution in [3.05, 3.63) is 0 Å². The summed E-state index contributed by atoms with van der Waals surface area (Å²) in [5, 5.41) is 8.92. The number of hydrogen-bond acceptors (Lipinski definition) is 4. The molecular formula is C11H22N2O4. The third kappa shape index (κ3) is 6.11. The Morgan fingerprint density at radius 3 is 2.29 bits per heavy atom. The molecule has 0 heterocycles. The van der Waals surface area contributed by atoms with Gasteiger partial charge in [-0.15, -0.1) is 0 Å². The number of rotatable bonds is 5. The maximum atomic E-state index is 11.8. The zero-order valence-corrected chi connectivity index (χ0v) is 10.9. The van der Waals surface area contributed by atoms with Crippen LogP contribution in [0.15, 0.2) is 0 Å². The van der Waals surface area contributed by atoms with Gasteiger partial charge in [0.2, 0.25) is 0 Å². The van der Waals surface area contributed by atoms with E-state index in [0.717, 1.165) is 0 Å². The molecule has 0 aliphatic heterocycles. The minimum Gasteiger partial charge on any atom is -0.480 e. The predicted octanol–water partition coefficient (Wildman–Crippen LogP) is 1.05. The highest BCUT2D eigenvalue weighted by Gasteiger charge is 2.29. The normalized spacial score (nSPS) is 13.0. The third-order valence-corrected chi connectivity index (χ3v) is 2.06. The van der Waals surface area contributed by atoms with E-state index in [2.05, 4.69) is 0 Å². The van der Waals surface area contributed by atoms with Crippen LogP contribution in [0.5, 0.6) is 0 Å². The quantitative estimate of drug-likeness (QED) is 0.756. The first-order valence-corrected chi connectivity index (χ1v) is 5.61. The second-order valence-corrected chi connectivity index (χ2v) is 4.83. The van der Waals surface area contributed by atoms with Gasteiger partial charge in [-0.1, -0.05) is 0 Å². The Morgan fingerprint density at radius 1 is 1.41 bits per heavy atom. The summed E-state index contributed by atoms with van der Waals surface area (Å²) in [6.07, 6.45) is -0.0857. The molecule has 6 heteroatoms. The topological polar surface area (TPSA) is 92.9 Å². The molecule has 0 aromatic carbocycles. The molecule has 0 aliphatic rings. The van der Waals surface area contributed by atoms with Gasteiger partial charge in [0.05, 0.1) is 0 Å². The van der Waals surface area contributed by atoms with Gasteiger partial charge in [-0.3, -0.25) is 4.90 Å². The molecule has 0 rings (SSSR count). The van der Waals surface area contributed by atoms with Gasteiger partial charge in [-0.25, -0.2) is 9.59 Å². The van der Waals surface area contributed by atoms with Crippen LogP contribution in [-0.2, 0) is 9.53 Å². The molecule has 0 spiro atoms. The van der Waals surface area contributed by atoms with Gasteiger partial charge in [0.25, 0.3) is 0 Å². The van der Waals surface area contributed by atoms with E-state index < -0.39 is 23.7 Å². The SMILES string of the molecule is CC(C(=O)O)N(CCCN)C(=O)OC(C)(C)C. The fourth-order valence-corrected chi connectivity index (χ4v) is 1.16. The highest BCUT2D eigenvalue weighted by Crippen LogP contribution is 2.12. The first kappa shape index (κ1) is 15.7. The molecule has 0 aliphatic carbocycles. The van der Waals surface area contributed by atoms with Crippen molar-refractivity contribution < 1.29 is 19.4 Å². The molecule has 1 atom stereocenters. The summed E-state index contributed by atoms with van der Waals surface area (Å²) < 4.78 is 5.15. The second-order valence-electron chi connectivity index (χ2n) is 4.83. The monoisotopic (exact) mass is 246 g/mol. The standard InChI is InChI=1S/C11H22N2O4/c1-8(9(14)15)13(7-5-6-12)10(16)17-11(2,3)4/h8H,5-7,12H2,1-4H3,(H,14,15). The highest BCUT2D eigenvalue weighted by atomic mass is 16.6. The van der Waals surface area contributed by atoms with E-state index >= 15 is 0 Å². The first-order valence-electron chi connectivity index (χ1n) is 5.61. The van der Waals surface area contributed by atoms with Gasteiger partial charge in [-0.05, 0) is 40.7 Å². The van der Waals surface area contributed by atoms with Crippen molar-refractivity contribution in [1.29, 1.82) is 0 Å². The van der Waals surface area contributed by atoms with Gasteiger partial charge >= 0.3 is 12.1 Å². The van der Waals surface area contributed by atoms with Crippen molar-refractivity contribution in [3.8, 4) is 0 Å². The molecule has 1 unspecified atom stereocenters. The number of carbonyl (C=O) groups is 2. The van der Waals surface area contributed by atoms with Crippen molar-refractivity contribution in [3.63, 3.8) is 0 Å². The number of nitrogens with two attached hydrogens (primary N) is 1. The van der Waals surface area contributed by atoms with Crippen LogP contribution >= 0.6 is 0 Å². The van der Waals surface area contributed by atoms with E-state index in [4.69, 9.17) is 15.6 Å². The van der Waals surface area contributed by atoms with Gasteiger partial charge in [-0.2, -0.15) is 0 Å². The molecule has 100 valence electrons. The van der Waals surface area contributed by atoms with Crippen molar-refractivity contribution in [1.82, 2.24) is 4.90 Å². The maximum Gasteiger partial charge on any atom is 0.411 e. The predicted molar refractivity (Wildman–Crippen MR) is 63.7 cm³/mol. The number of carboxylic acids is 1. The molecule has 0 fully saturated rings. The number of carbonyl (C=O) groups excluding carboxylic acids is 1. The number of ether oxygens (including phenoxy) is 1. The first-order chi connectivity index (χ1) is 7.69. The van der Waals surface area contributed by atoms with Gasteiger partial charge < -0.3 is 15.6 Å². The van der Waals surface area contributed by atoms with Gasteiger partial charge in [0.1, 0.15) is 11.6 Å². The third-order valence-electron chi connectivity index (χ3n) is 2.06. The molecule has 17 heavy (non-hydrogen) atoms. The molecule has 0 aromatic rings. The van der Waals surface area contributed by atoms with E-state index in [1.807, 2.05) is 0 Å². The van der Waals surface area contributed by atoms with Crippen molar-refractivity contribution in [2.45, 2.75) is 45.8 Å². The van der Waals surface area contributed by atoms with Gasteiger partial charge in [0, 0.05) is 6.54 Å². The van der Waals surface area contributed by atoms with E-state index in [1.54, 1.807) is 20.8 Å². The molecule has 3 N–H and O–H groups in total. The van der Waals surface area contributed by atoms with Crippen LogP contribution in [0.1, 0.15) is 34.1 Å². The van der Waals surface area contributed by atoms with E-state index in [0.29, 0.717) is 13.0 Å². The Bertz CT molecular complexity index is 273. The minimum absolute atomic E-state index is 0.277. The number of hydrogen-bond donors (Lipinski definition) is 2. The molecule has 6 nitrogen and oxygen atoms in total. The van der Waals surface area contributed by atoms with E-state index in [-0.39, 0.29) is 6.54 Å². The van der Waals surface area contributed by atoms with Crippen LogP contribution in [0.2, 0.25) is 0 Å². The molecule has 0 radical (unpaired) electrons. The molecule has 0 saturated heterocycles. The van der Waals surface area contributed by atoms with E-state index in [9.17, 15) is 9.59 Å². The Kier molecular flexibility index (Phi) is 5.95. The van der Waals surface area contributed by atoms with Crippen LogP contribution in [0, 0.1) is 0 Å². The molecule has 1 amide bonds. The van der Waals surface area contributed by atoms with Gasteiger partial charge in [0.15, 0.2) is 0 Å². The zero-order chi connectivity index (χ0) is 13.6. The smallest absolute Gasteiger partial charge is 0.411 e. The van der Waals surface area contributed by atoms with Crippen LogP contribution in [-0.4, -0.2) is 46.8 Å². The lowest BCUT2D eigenvalue weighted by atomic mass is 10.2. The van der Waals surface area contributed by atoms with Crippen molar-refractivity contribution in [2.24, 2.45) is 5.73 Å². The van der Waals surface area contributed by atoms with Crippen LogP contribution in [0.25, 0.3) is 0 Å². The Labute approximate surface area is 102 Å². The van der Waals surface area contributed by atoms with Crippen molar-refractivity contribution >= 4 is 12.1 Å². The fourth-order valence-electron chi connectivity index (χ4n) is 1.16. The number of aliphatic carboxylic acids is 1. The Hall–Kier alpha value is -1.30. The second kappa shape index (κ2) is 6.44. The summed E-state index contributed by atoms with van der Waals surface area (Å²) in [5.74, 6) is -1.06. The zero-order valence-electron chi connectivity index (χ0n) is 10.9. The molecule has 0 aromatic heterocycles. The fraction of sp³-hybridized carbons (Fsp3) is 0.818. The average Bonchev–Trinajstić information content (AvgIpc) is 2.15. The molecule has 0 bridgehead atoms. The number of nitrogens with zero attached hydrogens (tertiary/aromatic N) is 1. The number of amides is 1. The summed E-state index contributed by atoms with van der Waals surface area (Å²) in [4.78, 5) is 23.9. The van der Waals surface area contributed by atoms with Crippen LogP contribution in [0.4, 0.5) is 4.79 Å². The van der Waals surface area contributed by atoms with Crippen molar-refractivity contribution in [2.75, 3.05) is 13.1 Å². The number of carboxylic acid groups (broad SMARTS) is 1. The Balaban J connectivity index is 4.67. The summed E-state index contributed by atoms with van der Waals surface area (Å²) in [5.41, 5.74) is 4.71. The summed E-state index contributed by atoms with van der Waals surface area (Å²) in [7, 11) is 0. The van der Waals surface area contributed by atoms with Crippen LogP contribution in [0.3, 0.4) is 0 Å². The molecule has 0 saturated carbocycles. The Morgan fingerprint density at radius 2 is 1.94 bits per heavy atom. The highest BCUT2D eigenvalue weighted by molar-refractivity contribution is 5.79.